The molecule has 1 saturated heterocycles. The van der Waals surface area contributed by atoms with E-state index in [4.69, 9.17) is 4.74 Å². The maximum atomic E-state index is 10.0. The molecule has 2 nitrogen and oxygen atoms in total. The summed E-state index contributed by atoms with van der Waals surface area (Å²) in [7, 11) is 0. The second kappa shape index (κ2) is 4.40. The molecule has 0 N–H and O–H groups in total. The van der Waals surface area contributed by atoms with Gasteiger partial charge in [0.25, 0.3) is 0 Å². The molecule has 3 heteroatoms. The Morgan fingerprint density at radius 1 is 1.62 bits per heavy atom. The first-order valence-corrected chi connectivity index (χ1v) is 2.63. The number of rotatable bonds is 1. The van der Waals surface area contributed by atoms with Crippen LogP contribution in [0.3, 0.4) is 0 Å². The van der Waals surface area contributed by atoms with Crippen LogP contribution in [0.5, 0.6) is 0 Å². The topological polar surface area (TPSA) is 32.3 Å². The Morgan fingerprint density at radius 2 is 2.38 bits per heavy atom. The zero-order valence-electron chi connectivity index (χ0n) is 5.22. The fraction of sp³-hybridized carbons (Fsp3) is 1.00. The van der Waals surface area contributed by atoms with E-state index in [-0.39, 0.29) is 31.6 Å². The molecule has 1 rings (SSSR count). The molecule has 0 aromatic carbocycles. The van der Waals surface area contributed by atoms with Crippen molar-refractivity contribution >= 4 is 0 Å². The Morgan fingerprint density at radius 3 is 2.62 bits per heavy atom. The molecule has 0 spiro atoms. The van der Waals surface area contributed by atoms with Gasteiger partial charge in [-0.2, -0.15) is 0 Å². The zero-order valence-corrected chi connectivity index (χ0v) is 5.22. The minimum absolute atomic E-state index is 0. The van der Waals surface area contributed by atoms with E-state index in [1.165, 1.54) is 0 Å². The largest absolute Gasteiger partial charge is 1.00 e. The van der Waals surface area contributed by atoms with Crippen LogP contribution in [0, 0.1) is 0 Å². The van der Waals surface area contributed by atoms with Crippen molar-refractivity contribution in [2.45, 2.75) is 18.9 Å². The van der Waals surface area contributed by atoms with Crippen LogP contribution in [-0.4, -0.2) is 19.3 Å². The molecule has 1 fully saturated rings. The Hall–Kier alpha value is 0.517. The standard InChI is InChI=1S/C5H9O2.Li/c6-4-5-2-1-3-7-5;/h5H,1-4H2;/q-1;+1. The molecular formula is C5H9LiO2. The van der Waals surface area contributed by atoms with Gasteiger partial charge in [-0.1, -0.05) is 0 Å². The summed E-state index contributed by atoms with van der Waals surface area (Å²) in [5, 5.41) is 10.0. The van der Waals surface area contributed by atoms with Gasteiger partial charge in [-0.25, -0.2) is 0 Å². The van der Waals surface area contributed by atoms with Crippen molar-refractivity contribution < 1.29 is 28.7 Å². The van der Waals surface area contributed by atoms with Gasteiger partial charge in [-0.05, 0) is 12.8 Å². The summed E-state index contributed by atoms with van der Waals surface area (Å²) in [6, 6.07) is 0. The van der Waals surface area contributed by atoms with E-state index < -0.39 is 0 Å². The van der Waals surface area contributed by atoms with Crippen molar-refractivity contribution in [1.29, 1.82) is 0 Å². The van der Waals surface area contributed by atoms with Gasteiger partial charge in [0, 0.05) is 12.7 Å². The van der Waals surface area contributed by atoms with Gasteiger partial charge in [-0.15, -0.1) is 6.61 Å². The van der Waals surface area contributed by atoms with Crippen molar-refractivity contribution in [2.75, 3.05) is 13.2 Å². The van der Waals surface area contributed by atoms with Crippen molar-refractivity contribution in [3.63, 3.8) is 0 Å². The van der Waals surface area contributed by atoms with Gasteiger partial charge in [0.1, 0.15) is 0 Å². The van der Waals surface area contributed by atoms with Crippen LogP contribution in [0.25, 0.3) is 0 Å². The summed E-state index contributed by atoms with van der Waals surface area (Å²) < 4.78 is 4.99. The fourth-order valence-electron chi connectivity index (χ4n) is 0.776. The van der Waals surface area contributed by atoms with Gasteiger partial charge in [0.05, 0.1) is 0 Å². The van der Waals surface area contributed by atoms with Gasteiger partial charge in [-0.3, -0.25) is 0 Å². The molecule has 0 aliphatic carbocycles. The van der Waals surface area contributed by atoms with Gasteiger partial charge < -0.3 is 9.84 Å². The van der Waals surface area contributed by atoms with E-state index in [0.717, 1.165) is 19.4 Å². The Labute approximate surface area is 61.4 Å². The molecule has 1 atom stereocenters. The normalized spacial score (nSPS) is 27.4. The van der Waals surface area contributed by atoms with Gasteiger partial charge >= 0.3 is 18.9 Å². The van der Waals surface area contributed by atoms with E-state index in [2.05, 4.69) is 0 Å². The van der Waals surface area contributed by atoms with Crippen molar-refractivity contribution in [3.05, 3.63) is 0 Å². The van der Waals surface area contributed by atoms with Crippen LogP contribution >= 0.6 is 0 Å². The van der Waals surface area contributed by atoms with Crippen molar-refractivity contribution in [2.24, 2.45) is 0 Å². The molecule has 0 aromatic rings. The van der Waals surface area contributed by atoms with E-state index in [0.29, 0.717) is 0 Å². The molecule has 0 bridgehead atoms. The molecule has 1 heterocycles. The zero-order chi connectivity index (χ0) is 5.11. The Kier molecular flexibility index (Phi) is 4.69. The molecule has 0 radical (unpaired) electrons. The smallest absolute Gasteiger partial charge is 0.853 e. The van der Waals surface area contributed by atoms with Crippen LogP contribution in [0.4, 0.5) is 0 Å². The molecular weight excluding hydrogens is 99.0 g/mol. The summed E-state index contributed by atoms with van der Waals surface area (Å²) in [5.74, 6) is 0. The molecule has 0 amide bonds. The van der Waals surface area contributed by atoms with E-state index in [9.17, 15) is 5.11 Å². The Bertz CT molecular complexity index is 52.4. The predicted octanol–water partition coefficient (Wildman–Crippen LogP) is -3.47. The van der Waals surface area contributed by atoms with Crippen molar-refractivity contribution in [3.8, 4) is 0 Å². The third-order valence-corrected chi connectivity index (χ3v) is 1.21. The Balaban J connectivity index is 0.000000490. The maximum Gasteiger partial charge on any atom is 1.00 e. The van der Waals surface area contributed by atoms with Crippen molar-refractivity contribution in [1.82, 2.24) is 0 Å². The molecule has 0 saturated carbocycles. The first-order valence-electron chi connectivity index (χ1n) is 2.63. The molecule has 42 valence electrons. The van der Waals surface area contributed by atoms with Crippen LogP contribution < -0.4 is 24.0 Å². The monoisotopic (exact) mass is 108 g/mol. The number of hydrogen-bond donors (Lipinski definition) is 0. The predicted molar refractivity (Wildman–Crippen MR) is 23.8 cm³/mol. The molecule has 1 unspecified atom stereocenters. The average molecular weight is 108 g/mol. The fourth-order valence-corrected chi connectivity index (χ4v) is 0.776. The van der Waals surface area contributed by atoms with Crippen LogP contribution in [-0.2, 0) is 4.74 Å². The molecule has 0 aromatic heterocycles. The van der Waals surface area contributed by atoms with Gasteiger partial charge in [0.2, 0.25) is 0 Å². The third-order valence-electron chi connectivity index (χ3n) is 1.21. The quantitative estimate of drug-likeness (QED) is 0.327. The van der Waals surface area contributed by atoms with Crippen LogP contribution in [0.1, 0.15) is 12.8 Å². The van der Waals surface area contributed by atoms with Crippen LogP contribution in [0.15, 0.2) is 0 Å². The molecule has 1 aliphatic rings. The third kappa shape index (κ3) is 2.19. The average Bonchev–Trinajstić information content (AvgIpc) is 2.14. The second-order valence-corrected chi connectivity index (χ2v) is 1.80. The molecule has 8 heavy (non-hydrogen) atoms. The minimum Gasteiger partial charge on any atom is -0.853 e. The molecule has 1 aliphatic heterocycles. The van der Waals surface area contributed by atoms with E-state index >= 15 is 0 Å². The summed E-state index contributed by atoms with van der Waals surface area (Å²) in [5.41, 5.74) is 0. The first kappa shape index (κ1) is 8.52. The van der Waals surface area contributed by atoms with E-state index in [1.807, 2.05) is 0 Å². The van der Waals surface area contributed by atoms with Gasteiger partial charge in [0.15, 0.2) is 0 Å². The minimum atomic E-state index is -0.0556. The number of ether oxygens (including phenoxy) is 1. The SMILES string of the molecule is [Li+].[O-]CC1CCCO1. The summed E-state index contributed by atoms with van der Waals surface area (Å²) in [6.07, 6.45) is 2.09. The summed E-state index contributed by atoms with van der Waals surface area (Å²) in [4.78, 5) is 0. The second-order valence-electron chi connectivity index (χ2n) is 1.80. The van der Waals surface area contributed by atoms with E-state index in [1.54, 1.807) is 0 Å². The summed E-state index contributed by atoms with van der Waals surface area (Å²) >= 11 is 0. The number of hydrogen-bond acceptors (Lipinski definition) is 2. The summed E-state index contributed by atoms with van der Waals surface area (Å²) in [6.45, 7) is 0.743. The maximum absolute atomic E-state index is 10.0. The first-order chi connectivity index (χ1) is 3.43. The van der Waals surface area contributed by atoms with Crippen LogP contribution in [0.2, 0.25) is 0 Å².